The average molecular weight is 410 g/mol. The molecule has 4 rings (SSSR count). The van der Waals surface area contributed by atoms with E-state index < -0.39 is 18.0 Å². The molecule has 0 bridgehead atoms. The van der Waals surface area contributed by atoms with Crippen LogP contribution in [0.1, 0.15) is 5.56 Å². The van der Waals surface area contributed by atoms with E-state index in [-0.39, 0.29) is 5.91 Å². The zero-order valence-corrected chi connectivity index (χ0v) is 16.9. The van der Waals surface area contributed by atoms with Crippen LogP contribution in [0.5, 0.6) is 17.2 Å². The summed E-state index contributed by atoms with van der Waals surface area (Å²) < 4.78 is 15.7. The van der Waals surface area contributed by atoms with Gasteiger partial charge in [-0.3, -0.25) is 14.6 Å². The van der Waals surface area contributed by atoms with Crippen LogP contribution in [0.2, 0.25) is 0 Å². The van der Waals surface area contributed by atoms with Crippen LogP contribution < -0.4 is 19.1 Å². The first-order valence-corrected chi connectivity index (χ1v) is 9.47. The molecule has 2 heterocycles. The summed E-state index contributed by atoms with van der Waals surface area (Å²) in [5.41, 5.74) is 1.49. The van der Waals surface area contributed by atoms with E-state index in [1.54, 1.807) is 30.3 Å². The van der Waals surface area contributed by atoms with E-state index in [2.05, 4.69) is 10.3 Å². The highest BCUT2D eigenvalue weighted by atomic mass is 16.5. The van der Waals surface area contributed by atoms with Crippen molar-refractivity contribution in [2.45, 2.75) is 18.5 Å². The Labute approximate surface area is 173 Å². The van der Waals surface area contributed by atoms with E-state index in [1.165, 1.54) is 14.2 Å². The zero-order chi connectivity index (χ0) is 21.3. The molecule has 0 spiro atoms. The van der Waals surface area contributed by atoms with E-state index in [1.807, 2.05) is 24.3 Å². The summed E-state index contributed by atoms with van der Waals surface area (Å²) in [5.74, 6) is 0.985. The van der Waals surface area contributed by atoms with Crippen molar-refractivity contribution in [1.29, 1.82) is 0 Å². The number of hydrogen-bond donors (Lipinski definition) is 0. The molecule has 0 aliphatic carbocycles. The number of carbonyl (C=O) groups is 2. The third-order valence-electron chi connectivity index (χ3n) is 5.27. The van der Waals surface area contributed by atoms with Gasteiger partial charge in [-0.15, -0.1) is 0 Å². The van der Waals surface area contributed by atoms with Crippen LogP contribution in [0.3, 0.4) is 0 Å². The van der Waals surface area contributed by atoms with Gasteiger partial charge in [0.15, 0.2) is 23.6 Å². The molecule has 9 nitrogen and oxygen atoms in total. The number of amides is 2. The second kappa shape index (κ2) is 8.02. The number of benzene rings is 2. The molecule has 2 aliphatic rings. The highest BCUT2D eigenvalue weighted by Gasteiger charge is 2.54. The van der Waals surface area contributed by atoms with Crippen molar-refractivity contribution in [1.82, 2.24) is 5.01 Å². The van der Waals surface area contributed by atoms with Gasteiger partial charge in [0, 0.05) is 12.6 Å². The fourth-order valence-electron chi connectivity index (χ4n) is 3.66. The minimum atomic E-state index is -0.832. The second-order valence-corrected chi connectivity index (χ2v) is 6.91. The predicted octanol–water partition coefficient (Wildman–Crippen LogP) is 2.25. The van der Waals surface area contributed by atoms with Crippen LogP contribution >= 0.6 is 0 Å². The van der Waals surface area contributed by atoms with Crippen molar-refractivity contribution in [3.8, 4) is 17.2 Å². The molecule has 2 aromatic rings. The summed E-state index contributed by atoms with van der Waals surface area (Å²) in [7, 11) is 4.64. The lowest BCUT2D eigenvalue weighted by Gasteiger charge is -2.21. The van der Waals surface area contributed by atoms with Gasteiger partial charge in [-0.1, -0.05) is 17.4 Å². The van der Waals surface area contributed by atoms with Crippen molar-refractivity contribution < 1.29 is 23.8 Å². The minimum Gasteiger partial charge on any atom is -0.497 e. The zero-order valence-electron chi connectivity index (χ0n) is 16.9. The van der Waals surface area contributed by atoms with Gasteiger partial charge in [0.2, 0.25) is 0 Å². The third-order valence-corrected chi connectivity index (χ3v) is 5.27. The van der Waals surface area contributed by atoms with Crippen LogP contribution in [0.15, 0.2) is 52.8 Å². The highest BCUT2D eigenvalue weighted by molar-refractivity contribution is 6.25. The van der Waals surface area contributed by atoms with E-state index >= 15 is 0 Å². The van der Waals surface area contributed by atoms with E-state index in [9.17, 15) is 9.59 Å². The number of carbonyl (C=O) groups excluding carboxylic acids is 2. The molecular formula is C21H22N4O5. The third kappa shape index (κ3) is 3.32. The highest BCUT2D eigenvalue weighted by Crippen LogP contribution is 2.36. The van der Waals surface area contributed by atoms with Gasteiger partial charge >= 0.3 is 0 Å². The Balaban J connectivity index is 1.50. The van der Waals surface area contributed by atoms with Gasteiger partial charge in [-0.2, -0.15) is 5.11 Å². The molecule has 1 saturated heterocycles. The predicted molar refractivity (Wildman–Crippen MR) is 108 cm³/mol. The van der Waals surface area contributed by atoms with Crippen molar-refractivity contribution in [3.05, 3.63) is 48.0 Å². The Hall–Kier alpha value is -3.62. The summed E-state index contributed by atoms with van der Waals surface area (Å²) in [6.45, 7) is 0.468. The van der Waals surface area contributed by atoms with E-state index in [4.69, 9.17) is 14.2 Å². The number of nitrogens with zero attached hydrogens (tertiary/aromatic N) is 4. The number of rotatable bonds is 7. The molecule has 0 N–H and O–H groups in total. The lowest BCUT2D eigenvalue weighted by Crippen LogP contribution is -2.40. The second-order valence-electron chi connectivity index (χ2n) is 6.91. The first kappa shape index (κ1) is 19.7. The summed E-state index contributed by atoms with van der Waals surface area (Å²) in [5, 5.41) is 9.74. The molecule has 156 valence electrons. The maximum Gasteiger partial charge on any atom is 0.263 e. The Kier molecular flexibility index (Phi) is 5.26. The van der Waals surface area contributed by atoms with Gasteiger partial charge in [-0.25, -0.2) is 4.90 Å². The minimum absolute atomic E-state index is 0.350. The molecule has 2 aliphatic heterocycles. The quantitative estimate of drug-likeness (QED) is 0.650. The molecule has 2 aromatic carbocycles. The van der Waals surface area contributed by atoms with Gasteiger partial charge in [0.1, 0.15) is 5.75 Å². The Morgan fingerprint density at radius 1 is 0.900 bits per heavy atom. The van der Waals surface area contributed by atoms with Crippen LogP contribution in [-0.4, -0.2) is 56.8 Å². The molecule has 0 radical (unpaired) electrons. The number of methoxy groups -OCH3 is 3. The van der Waals surface area contributed by atoms with Crippen molar-refractivity contribution >= 4 is 17.5 Å². The van der Waals surface area contributed by atoms with E-state index in [0.29, 0.717) is 30.2 Å². The smallest absolute Gasteiger partial charge is 0.263 e. The van der Waals surface area contributed by atoms with Crippen molar-refractivity contribution in [3.63, 3.8) is 0 Å². The molecule has 0 aromatic heterocycles. The van der Waals surface area contributed by atoms with Gasteiger partial charge in [0.25, 0.3) is 11.8 Å². The molecule has 0 unspecified atom stereocenters. The van der Waals surface area contributed by atoms with Crippen LogP contribution in [0, 0.1) is 0 Å². The summed E-state index contributed by atoms with van der Waals surface area (Å²) in [6, 6.07) is 11.0. The first-order chi connectivity index (χ1) is 14.6. The number of anilines is 1. The number of ether oxygens (including phenoxy) is 3. The molecule has 2 amide bonds. The molecular weight excluding hydrogens is 388 g/mol. The summed E-state index contributed by atoms with van der Waals surface area (Å²) in [4.78, 5) is 27.1. The van der Waals surface area contributed by atoms with Crippen molar-refractivity contribution in [2.24, 2.45) is 10.3 Å². The Morgan fingerprint density at radius 3 is 2.30 bits per heavy atom. The lowest BCUT2D eigenvalue weighted by atomic mass is 10.1. The first-order valence-electron chi connectivity index (χ1n) is 9.47. The average Bonchev–Trinajstić information content (AvgIpc) is 3.31. The number of fused-ring (bicyclic) bond motifs is 1. The van der Waals surface area contributed by atoms with Crippen LogP contribution in [0.4, 0.5) is 5.69 Å². The lowest BCUT2D eigenvalue weighted by molar-refractivity contribution is -0.123. The van der Waals surface area contributed by atoms with Crippen LogP contribution in [-0.2, 0) is 16.0 Å². The van der Waals surface area contributed by atoms with Gasteiger partial charge in [-0.05, 0) is 36.2 Å². The SMILES string of the molecule is COc1ccc(CCN2N=N[C@H]3C(=O)N(c4ccc(OC)c(OC)c4)C(=O)[C@H]32)cc1. The maximum absolute atomic E-state index is 13.1. The summed E-state index contributed by atoms with van der Waals surface area (Å²) >= 11 is 0. The molecule has 0 saturated carbocycles. The van der Waals surface area contributed by atoms with Crippen molar-refractivity contribution in [2.75, 3.05) is 32.8 Å². The normalized spacial score (nSPS) is 20.0. The van der Waals surface area contributed by atoms with Crippen LogP contribution in [0.25, 0.3) is 0 Å². The van der Waals surface area contributed by atoms with Gasteiger partial charge < -0.3 is 14.2 Å². The molecule has 9 heteroatoms. The monoisotopic (exact) mass is 410 g/mol. The Bertz CT molecular complexity index is 991. The largest absolute Gasteiger partial charge is 0.497 e. The fraction of sp³-hybridized carbons (Fsp3) is 0.333. The van der Waals surface area contributed by atoms with Gasteiger partial charge in [0.05, 0.1) is 27.0 Å². The number of hydrogen-bond acceptors (Lipinski definition) is 8. The standard InChI is InChI=1S/C21H22N4O5/c1-28-15-7-4-13(5-8-15)10-11-24-19-18(22-23-24)20(26)25(21(19)27)14-6-9-16(29-2)17(12-14)30-3/h4-9,12,18-19H,10-11H2,1-3H3/t18-,19+/m1/s1. The number of imide groups is 1. The summed E-state index contributed by atoms with van der Waals surface area (Å²) in [6.07, 6.45) is 0.657. The Morgan fingerprint density at radius 2 is 1.63 bits per heavy atom. The molecule has 30 heavy (non-hydrogen) atoms. The fourth-order valence-corrected chi connectivity index (χ4v) is 3.66. The molecule has 1 fully saturated rings. The maximum atomic E-state index is 13.1. The topological polar surface area (TPSA) is 93.0 Å². The van der Waals surface area contributed by atoms with E-state index in [0.717, 1.165) is 16.2 Å². The molecule has 2 atom stereocenters.